The first-order chi connectivity index (χ1) is 12.2. The Morgan fingerprint density at radius 2 is 2.28 bits per heavy atom. The number of anilines is 2. The molecule has 128 valence electrons. The maximum atomic E-state index is 11.7. The van der Waals surface area contributed by atoms with E-state index in [0.717, 1.165) is 17.6 Å². The number of ether oxygens (including phenoxy) is 2. The van der Waals surface area contributed by atoms with Crippen molar-refractivity contribution in [3.63, 3.8) is 0 Å². The van der Waals surface area contributed by atoms with E-state index < -0.39 is 5.97 Å². The van der Waals surface area contributed by atoms with Gasteiger partial charge in [-0.25, -0.2) is 19.4 Å². The average Bonchev–Trinajstić information content (AvgIpc) is 3.02. The third-order valence-electron chi connectivity index (χ3n) is 4.09. The molecule has 1 unspecified atom stereocenters. The maximum absolute atomic E-state index is 11.7. The van der Waals surface area contributed by atoms with Crippen molar-refractivity contribution in [2.75, 3.05) is 19.0 Å². The number of carbonyl (C=O) groups excluding carboxylic acids is 1. The summed E-state index contributed by atoms with van der Waals surface area (Å²) in [5.41, 5.74) is 1.85. The van der Waals surface area contributed by atoms with Gasteiger partial charge in [0, 0.05) is 11.3 Å². The van der Waals surface area contributed by atoms with Crippen LogP contribution >= 0.6 is 0 Å². The Bertz CT molecular complexity index is 953. The number of hydrogen-bond acceptors (Lipinski definition) is 7. The molecule has 8 nitrogen and oxygen atoms in total. The van der Waals surface area contributed by atoms with Crippen LogP contribution in [0.2, 0.25) is 0 Å². The van der Waals surface area contributed by atoms with Crippen molar-refractivity contribution in [3.8, 4) is 5.88 Å². The third-order valence-corrected chi connectivity index (χ3v) is 4.09. The van der Waals surface area contributed by atoms with Gasteiger partial charge in [0.1, 0.15) is 17.8 Å². The monoisotopic (exact) mass is 339 g/mol. The molecule has 1 aromatic carbocycles. The van der Waals surface area contributed by atoms with Gasteiger partial charge in [-0.3, -0.25) is 0 Å². The number of benzene rings is 1. The smallest absolute Gasteiger partial charge is 0.337 e. The number of esters is 1. The summed E-state index contributed by atoms with van der Waals surface area (Å²) < 4.78 is 12.4. The second-order valence-electron chi connectivity index (χ2n) is 6.03. The molecule has 3 heterocycles. The summed E-state index contributed by atoms with van der Waals surface area (Å²) in [5, 5.41) is 8.40. The van der Waals surface area contributed by atoms with Crippen LogP contribution in [-0.4, -0.2) is 39.4 Å². The van der Waals surface area contributed by atoms with Crippen LogP contribution in [0.25, 0.3) is 10.9 Å². The minimum atomic E-state index is -0.400. The van der Waals surface area contributed by atoms with E-state index in [0.29, 0.717) is 35.3 Å². The molecule has 0 aliphatic carbocycles. The minimum Gasteiger partial charge on any atom is -0.476 e. The first kappa shape index (κ1) is 15.4. The van der Waals surface area contributed by atoms with Crippen molar-refractivity contribution in [1.82, 2.24) is 19.7 Å². The number of carbonyl (C=O) groups is 1. The SMILES string of the molecule is COC(=O)c1ccc2c(Nc3cnn4c3OCC(C)C4)ncnc2c1. The van der Waals surface area contributed by atoms with Crippen molar-refractivity contribution in [2.45, 2.75) is 13.5 Å². The van der Waals surface area contributed by atoms with Crippen molar-refractivity contribution in [3.05, 3.63) is 36.3 Å². The quantitative estimate of drug-likeness (QED) is 0.733. The molecule has 4 rings (SSSR count). The van der Waals surface area contributed by atoms with Gasteiger partial charge in [0.2, 0.25) is 5.88 Å². The zero-order valence-electron chi connectivity index (χ0n) is 13.9. The van der Waals surface area contributed by atoms with Gasteiger partial charge in [0.25, 0.3) is 0 Å². The van der Waals surface area contributed by atoms with Crippen LogP contribution < -0.4 is 10.1 Å². The zero-order chi connectivity index (χ0) is 17.4. The molecule has 0 amide bonds. The van der Waals surface area contributed by atoms with Crippen LogP contribution in [0, 0.1) is 5.92 Å². The van der Waals surface area contributed by atoms with Crippen LogP contribution in [0.5, 0.6) is 5.88 Å². The van der Waals surface area contributed by atoms with Gasteiger partial charge in [0.15, 0.2) is 0 Å². The number of methoxy groups -OCH3 is 1. The lowest BCUT2D eigenvalue weighted by Crippen LogP contribution is -2.23. The van der Waals surface area contributed by atoms with E-state index in [1.165, 1.54) is 13.4 Å². The van der Waals surface area contributed by atoms with E-state index in [1.807, 2.05) is 4.68 Å². The number of nitrogens with zero attached hydrogens (tertiary/aromatic N) is 4. The Morgan fingerprint density at radius 3 is 3.12 bits per heavy atom. The molecule has 8 heteroatoms. The summed E-state index contributed by atoms with van der Waals surface area (Å²) in [6, 6.07) is 5.16. The summed E-state index contributed by atoms with van der Waals surface area (Å²) in [6.45, 7) is 3.60. The van der Waals surface area contributed by atoms with Crippen LogP contribution in [0.1, 0.15) is 17.3 Å². The summed E-state index contributed by atoms with van der Waals surface area (Å²) in [4.78, 5) is 20.2. The molecule has 1 aliphatic heterocycles. The molecular weight excluding hydrogens is 322 g/mol. The summed E-state index contributed by atoms with van der Waals surface area (Å²) in [7, 11) is 1.35. The van der Waals surface area contributed by atoms with Crippen LogP contribution in [0.4, 0.5) is 11.5 Å². The van der Waals surface area contributed by atoms with E-state index in [-0.39, 0.29) is 0 Å². The fourth-order valence-corrected chi connectivity index (χ4v) is 2.84. The standard InChI is InChI=1S/C17H17N5O3/c1-10-7-22-16(25-8-10)14(6-20-22)21-15-12-4-3-11(17(23)24-2)5-13(12)18-9-19-15/h3-6,9-10H,7-8H2,1-2H3,(H,18,19,21). The van der Waals surface area contributed by atoms with Crippen LogP contribution in [-0.2, 0) is 11.3 Å². The molecule has 0 saturated heterocycles. The Morgan fingerprint density at radius 1 is 1.40 bits per heavy atom. The predicted octanol–water partition coefficient (Wildman–Crippen LogP) is 2.39. The lowest BCUT2D eigenvalue weighted by molar-refractivity contribution is 0.0601. The lowest BCUT2D eigenvalue weighted by Gasteiger charge is -2.21. The Balaban J connectivity index is 1.69. The van der Waals surface area contributed by atoms with E-state index >= 15 is 0 Å². The summed E-state index contributed by atoms with van der Waals surface area (Å²) >= 11 is 0. The number of hydrogen-bond donors (Lipinski definition) is 1. The molecule has 0 fully saturated rings. The Labute approximate surface area is 143 Å². The van der Waals surface area contributed by atoms with E-state index in [1.54, 1.807) is 24.4 Å². The van der Waals surface area contributed by atoms with Gasteiger partial charge < -0.3 is 14.8 Å². The van der Waals surface area contributed by atoms with Gasteiger partial charge in [-0.05, 0) is 18.2 Å². The van der Waals surface area contributed by atoms with E-state index in [9.17, 15) is 4.79 Å². The van der Waals surface area contributed by atoms with Gasteiger partial charge in [0.05, 0.1) is 37.5 Å². The van der Waals surface area contributed by atoms with Gasteiger partial charge >= 0.3 is 5.97 Å². The second kappa shape index (κ2) is 6.04. The van der Waals surface area contributed by atoms with E-state index in [4.69, 9.17) is 9.47 Å². The molecule has 2 aromatic heterocycles. The van der Waals surface area contributed by atoms with Crippen molar-refractivity contribution < 1.29 is 14.3 Å². The summed E-state index contributed by atoms with van der Waals surface area (Å²) in [6.07, 6.45) is 3.18. The molecule has 1 aliphatic rings. The molecule has 3 aromatic rings. The first-order valence-corrected chi connectivity index (χ1v) is 7.94. The van der Waals surface area contributed by atoms with Crippen molar-refractivity contribution in [2.24, 2.45) is 5.92 Å². The minimum absolute atomic E-state index is 0.400. The molecule has 1 N–H and O–H groups in total. The highest BCUT2D eigenvalue weighted by atomic mass is 16.5. The number of fused-ring (bicyclic) bond motifs is 2. The number of rotatable bonds is 3. The number of aromatic nitrogens is 4. The van der Waals surface area contributed by atoms with Gasteiger partial charge in [-0.15, -0.1) is 0 Å². The Hall–Kier alpha value is -3.16. The van der Waals surface area contributed by atoms with Gasteiger partial charge in [-0.1, -0.05) is 6.92 Å². The first-order valence-electron chi connectivity index (χ1n) is 7.94. The average molecular weight is 339 g/mol. The third kappa shape index (κ3) is 2.75. The summed E-state index contributed by atoms with van der Waals surface area (Å²) in [5.74, 6) is 1.36. The van der Waals surface area contributed by atoms with E-state index in [2.05, 4.69) is 27.3 Å². The zero-order valence-corrected chi connectivity index (χ0v) is 13.9. The lowest BCUT2D eigenvalue weighted by atomic mass is 10.1. The molecule has 1 atom stereocenters. The largest absolute Gasteiger partial charge is 0.476 e. The number of nitrogens with one attached hydrogen (secondary N) is 1. The predicted molar refractivity (Wildman–Crippen MR) is 91.0 cm³/mol. The molecule has 0 bridgehead atoms. The van der Waals surface area contributed by atoms with Crippen molar-refractivity contribution >= 4 is 28.4 Å². The fourth-order valence-electron chi connectivity index (χ4n) is 2.84. The highest BCUT2D eigenvalue weighted by Gasteiger charge is 2.21. The second-order valence-corrected chi connectivity index (χ2v) is 6.03. The Kier molecular flexibility index (Phi) is 3.72. The van der Waals surface area contributed by atoms with Gasteiger partial charge in [-0.2, -0.15) is 5.10 Å². The molecule has 25 heavy (non-hydrogen) atoms. The van der Waals surface area contributed by atoms with Crippen LogP contribution in [0.3, 0.4) is 0 Å². The van der Waals surface area contributed by atoms with Crippen LogP contribution in [0.15, 0.2) is 30.7 Å². The molecule has 0 saturated carbocycles. The topological polar surface area (TPSA) is 91.2 Å². The molecule has 0 spiro atoms. The highest BCUT2D eigenvalue weighted by Crippen LogP contribution is 2.32. The molecule has 0 radical (unpaired) electrons. The highest BCUT2D eigenvalue weighted by molar-refractivity contribution is 5.97. The normalized spacial score (nSPS) is 16.2. The van der Waals surface area contributed by atoms with Crippen molar-refractivity contribution in [1.29, 1.82) is 0 Å². The fraction of sp³-hybridized carbons (Fsp3) is 0.294. The maximum Gasteiger partial charge on any atom is 0.337 e. The molecular formula is C17H17N5O3.